The van der Waals surface area contributed by atoms with Crippen LogP contribution >= 0.6 is 0 Å². The molecule has 6 heteroatoms. The second kappa shape index (κ2) is 6.09. The molecule has 0 saturated carbocycles. The number of halogens is 1. The van der Waals surface area contributed by atoms with Gasteiger partial charge in [-0.15, -0.1) is 0 Å². The molecule has 0 aromatic heterocycles. The molecule has 0 amide bonds. The number of benzene rings is 1. The summed E-state index contributed by atoms with van der Waals surface area (Å²) in [6.07, 6.45) is -1.11. The topological polar surface area (TPSA) is 63.6 Å². The van der Waals surface area contributed by atoms with Gasteiger partial charge in [0.05, 0.1) is 23.4 Å². The van der Waals surface area contributed by atoms with E-state index in [0.717, 1.165) is 12.1 Å². The van der Waals surface area contributed by atoms with Crippen LogP contribution in [0.2, 0.25) is 0 Å². The molecule has 0 heterocycles. The molecule has 1 atom stereocenters. The Labute approximate surface area is 100.0 Å². The Morgan fingerprint density at radius 3 is 2.76 bits per heavy atom. The maximum Gasteiger partial charge on any atom is 0.181 e. The van der Waals surface area contributed by atoms with Gasteiger partial charge < -0.3 is 9.84 Å². The third kappa shape index (κ3) is 4.41. The van der Waals surface area contributed by atoms with Gasteiger partial charge in [0, 0.05) is 6.61 Å². The summed E-state index contributed by atoms with van der Waals surface area (Å²) in [6.45, 7) is 2.09. The summed E-state index contributed by atoms with van der Waals surface area (Å²) < 4.78 is 41.3. The lowest BCUT2D eigenvalue weighted by Crippen LogP contribution is -2.25. The summed E-state index contributed by atoms with van der Waals surface area (Å²) >= 11 is 0. The van der Waals surface area contributed by atoms with Crippen LogP contribution in [0.1, 0.15) is 6.92 Å². The van der Waals surface area contributed by atoms with E-state index in [9.17, 15) is 17.9 Å². The van der Waals surface area contributed by atoms with Crippen molar-refractivity contribution in [3.8, 4) is 0 Å². The van der Waals surface area contributed by atoms with E-state index in [-0.39, 0.29) is 11.5 Å². The summed E-state index contributed by atoms with van der Waals surface area (Å²) in [5.41, 5.74) is 0. The average molecular weight is 262 g/mol. The highest BCUT2D eigenvalue weighted by Gasteiger charge is 2.20. The minimum Gasteiger partial charge on any atom is -0.390 e. The smallest absolute Gasteiger partial charge is 0.181 e. The van der Waals surface area contributed by atoms with Gasteiger partial charge in [-0.3, -0.25) is 0 Å². The Balaban J connectivity index is 2.75. The van der Waals surface area contributed by atoms with Crippen molar-refractivity contribution in [3.05, 3.63) is 30.1 Å². The third-order valence-electron chi connectivity index (χ3n) is 2.08. The number of aliphatic hydroxyl groups is 1. The van der Waals surface area contributed by atoms with Gasteiger partial charge in [0.2, 0.25) is 0 Å². The third-order valence-corrected chi connectivity index (χ3v) is 3.88. The molecule has 1 aromatic rings. The van der Waals surface area contributed by atoms with Crippen molar-refractivity contribution in [1.82, 2.24) is 0 Å². The van der Waals surface area contributed by atoms with Crippen molar-refractivity contribution in [2.45, 2.75) is 17.9 Å². The van der Waals surface area contributed by atoms with E-state index in [1.54, 1.807) is 6.92 Å². The van der Waals surface area contributed by atoms with E-state index in [4.69, 9.17) is 4.74 Å². The maximum absolute atomic E-state index is 12.9. The molecule has 1 aromatic carbocycles. The number of ether oxygens (including phenoxy) is 1. The second-order valence-corrected chi connectivity index (χ2v) is 5.59. The normalized spacial score (nSPS) is 13.6. The van der Waals surface area contributed by atoms with Crippen molar-refractivity contribution in [2.75, 3.05) is 19.0 Å². The summed E-state index contributed by atoms with van der Waals surface area (Å²) in [4.78, 5) is -0.131. The molecule has 0 radical (unpaired) electrons. The molecule has 1 rings (SSSR count). The van der Waals surface area contributed by atoms with Crippen LogP contribution < -0.4 is 0 Å². The Hall–Kier alpha value is -0.980. The monoisotopic (exact) mass is 262 g/mol. The van der Waals surface area contributed by atoms with Crippen LogP contribution in [0.3, 0.4) is 0 Å². The predicted octanol–water partition coefficient (Wildman–Crippen LogP) is 0.997. The first kappa shape index (κ1) is 14.1. The molecule has 0 aliphatic carbocycles. The lowest BCUT2D eigenvalue weighted by atomic mass is 10.3. The van der Waals surface area contributed by atoms with Crippen molar-refractivity contribution >= 4 is 9.84 Å². The highest BCUT2D eigenvalue weighted by atomic mass is 32.2. The van der Waals surface area contributed by atoms with Gasteiger partial charge >= 0.3 is 0 Å². The van der Waals surface area contributed by atoms with Gasteiger partial charge in [0.25, 0.3) is 0 Å². The molecule has 0 aliphatic rings. The van der Waals surface area contributed by atoms with Gasteiger partial charge in [-0.05, 0) is 25.1 Å². The van der Waals surface area contributed by atoms with E-state index in [2.05, 4.69) is 0 Å². The number of sulfone groups is 1. The van der Waals surface area contributed by atoms with Gasteiger partial charge in [-0.25, -0.2) is 12.8 Å². The van der Waals surface area contributed by atoms with Crippen LogP contribution in [-0.2, 0) is 14.6 Å². The van der Waals surface area contributed by atoms with Crippen LogP contribution in [0.25, 0.3) is 0 Å². The predicted molar refractivity (Wildman–Crippen MR) is 61.0 cm³/mol. The zero-order valence-corrected chi connectivity index (χ0v) is 10.3. The van der Waals surface area contributed by atoms with E-state index < -0.39 is 27.5 Å². The van der Waals surface area contributed by atoms with Crippen molar-refractivity contribution in [1.29, 1.82) is 0 Å². The average Bonchev–Trinajstić information content (AvgIpc) is 2.26. The Morgan fingerprint density at radius 2 is 2.18 bits per heavy atom. The summed E-state index contributed by atoms with van der Waals surface area (Å²) in [5.74, 6) is -1.10. The number of aliphatic hydroxyl groups excluding tert-OH is 1. The molecule has 1 unspecified atom stereocenters. The molecular weight excluding hydrogens is 247 g/mol. The Bertz CT molecular complexity index is 458. The van der Waals surface area contributed by atoms with Crippen LogP contribution in [-0.4, -0.2) is 38.6 Å². The zero-order valence-electron chi connectivity index (χ0n) is 9.47. The molecule has 17 heavy (non-hydrogen) atoms. The van der Waals surface area contributed by atoms with Gasteiger partial charge in [0.15, 0.2) is 9.84 Å². The lowest BCUT2D eigenvalue weighted by Gasteiger charge is -2.11. The first-order valence-corrected chi connectivity index (χ1v) is 6.85. The SMILES string of the molecule is CCOCC(O)CS(=O)(=O)c1cccc(F)c1. The summed E-state index contributed by atoms with van der Waals surface area (Å²) in [5, 5.41) is 9.45. The van der Waals surface area contributed by atoms with Crippen LogP contribution in [0.15, 0.2) is 29.2 Å². The minimum atomic E-state index is -3.68. The number of hydrogen-bond acceptors (Lipinski definition) is 4. The zero-order chi connectivity index (χ0) is 12.9. The number of rotatable bonds is 6. The first-order chi connectivity index (χ1) is 7.95. The fourth-order valence-corrected chi connectivity index (χ4v) is 2.69. The standard InChI is InChI=1S/C11H15FO4S/c1-2-16-7-10(13)8-17(14,15)11-5-3-4-9(12)6-11/h3-6,10,13H,2,7-8H2,1H3. The van der Waals surface area contributed by atoms with Gasteiger partial charge in [-0.2, -0.15) is 0 Å². The summed E-state index contributed by atoms with van der Waals surface area (Å²) in [6, 6.07) is 4.71. The van der Waals surface area contributed by atoms with E-state index in [0.29, 0.717) is 6.61 Å². The highest BCUT2D eigenvalue weighted by molar-refractivity contribution is 7.91. The van der Waals surface area contributed by atoms with Crippen molar-refractivity contribution in [3.63, 3.8) is 0 Å². The molecule has 0 fully saturated rings. The summed E-state index contributed by atoms with van der Waals surface area (Å²) in [7, 11) is -3.68. The van der Waals surface area contributed by atoms with Crippen molar-refractivity contribution in [2.24, 2.45) is 0 Å². The molecular formula is C11H15FO4S. The van der Waals surface area contributed by atoms with Gasteiger partial charge in [-0.1, -0.05) is 6.07 Å². The van der Waals surface area contributed by atoms with Crippen molar-refractivity contribution < 1.29 is 22.7 Å². The Morgan fingerprint density at radius 1 is 1.47 bits per heavy atom. The molecule has 0 spiro atoms. The quantitative estimate of drug-likeness (QED) is 0.830. The fourth-order valence-electron chi connectivity index (χ4n) is 1.31. The molecule has 1 N–H and O–H groups in total. The van der Waals surface area contributed by atoms with Gasteiger partial charge in [0.1, 0.15) is 5.82 Å². The molecule has 0 saturated heterocycles. The highest BCUT2D eigenvalue weighted by Crippen LogP contribution is 2.13. The minimum absolute atomic E-state index is 0.0505. The first-order valence-electron chi connectivity index (χ1n) is 5.20. The fraction of sp³-hybridized carbons (Fsp3) is 0.455. The second-order valence-electron chi connectivity index (χ2n) is 3.55. The van der Waals surface area contributed by atoms with E-state index >= 15 is 0 Å². The molecule has 4 nitrogen and oxygen atoms in total. The van der Waals surface area contributed by atoms with E-state index in [1.165, 1.54) is 12.1 Å². The lowest BCUT2D eigenvalue weighted by molar-refractivity contribution is 0.0542. The molecule has 96 valence electrons. The largest absolute Gasteiger partial charge is 0.390 e. The molecule has 0 aliphatic heterocycles. The van der Waals surface area contributed by atoms with Crippen LogP contribution in [0, 0.1) is 5.82 Å². The van der Waals surface area contributed by atoms with E-state index in [1.807, 2.05) is 0 Å². The Kier molecular flexibility index (Phi) is 5.04. The maximum atomic E-state index is 12.9. The molecule has 0 bridgehead atoms. The van der Waals surface area contributed by atoms with Crippen LogP contribution in [0.5, 0.6) is 0 Å². The van der Waals surface area contributed by atoms with Crippen LogP contribution in [0.4, 0.5) is 4.39 Å². The number of hydrogen-bond donors (Lipinski definition) is 1.